The molecule has 0 saturated carbocycles. The van der Waals surface area contributed by atoms with E-state index in [1.54, 1.807) is 0 Å². The molecule has 3 aromatic rings. The van der Waals surface area contributed by atoms with Gasteiger partial charge in [-0.3, -0.25) is 9.11 Å². The molecule has 0 aliphatic rings. The molecule has 0 spiro atoms. The number of hydrogen-bond acceptors (Lipinski definition) is 8. The van der Waals surface area contributed by atoms with E-state index in [-0.39, 0.29) is 27.7 Å². The Labute approximate surface area is 165 Å². The Balaban J connectivity index is 2.25. The monoisotopic (exact) mass is 437 g/mol. The van der Waals surface area contributed by atoms with Crippen molar-refractivity contribution in [3.63, 3.8) is 0 Å². The standard InChI is InChI=1S/C17H15N3O7S2/c1-9-5-6-11(8-13(9)28(22,23)24)19-20-16-14(29(25,26)27)7-10-3-2-4-12(18)15(10)17(16)21/h2-8,21H,18H2,1H3,(H,22,23,24)(H,25,26,27). The number of nitrogen functional groups attached to an aromatic ring is 1. The van der Waals surface area contributed by atoms with Crippen LogP contribution in [0.4, 0.5) is 17.1 Å². The maximum atomic E-state index is 11.8. The fraction of sp³-hybridized carbons (Fsp3) is 0.0588. The van der Waals surface area contributed by atoms with E-state index >= 15 is 0 Å². The smallest absolute Gasteiger partial charge is 0.296 e. The van der Waals surface area contributed by atoms with Crippen LogP contribution >= 0.6 is 0 Å². The van der Waals surface area contributed by atoms with Crippen molar-refractivity contribution in [1.29, 1.82) is 0 Å². The van der Waals surface area contributed by atoms with Crippen molar-refractivity contribution < 1.29 is 31.0 Å². The number of aryl methyl sites for hydroxylation is 1. The molecule has 5 N–H and O–H groups in total. The van der Waals surface area contributed by atoms with Crippen LogP contribution in [-0.2, 0) is 20.2 Å². The molecule has 0 aliphatic carbocycles. The Hall–Kier alpha value is -3.06. The third-order valence-electron chi connectivity index (χ3n) is 4.10. The van der Waals surface area contributed by atoms with Crippen LogP contribution in [0.2, 0.25) is 0 Å². The van der Waals surface area contributed by atoms with Gasteiger partial charge >= 0.3 is 0 Å². The lowest BCUT2D eigenvalue weighted by atomic mass is 10.1. The van der Waals surface area contributed by atoms with Gasteiger partial charge in [0.2, 0.25) is 0 Å². The lowest BCUT2D eigenvalue weighted by Gasteiger charge is -2.10. The van der Waals surface area contributed by atoms with Crippen molar-refractivity contribution in [2.45, 2.75) is 16.7 Å². The number of rotatable bonds is 4. The van der Waals surface area contributed by atoms with E-state index in [1.807, 2.05) is 0 Å². The Morgan fingerprint density at radius 1 is 0.897 bits per heavy atom. The molecule has 152 valence electrons. The molecule has 0 amide bonds. The summed E-state index contributed by atoms with van der Waals surface area (Å²) in [7, 11) is -9.31. The van der Waals surface area contributed by atoms with Gasteiger partial charge in [-0.2, -0.15) is 21.9 Å². The highest BCUT2D eigenvalue weighted by Crippen LogP contribution is 2.43. The summed E-state index contributed by atoms with van der Waals surface area (Å²) in [5, 5.41) is 18.3. The van der Waals surface area contributed by atoms with Gasteiger partial charge in [0, 0.05) is 11.1 Å². The fourth-order valence-electron chi connectivity index (χ4n) is 2.76. The molecule has 0 fully saturated rings. The van der Waals surface area contributed by atoms with Crippen molar-refractivity contribution >= 4 is 48.1 Å². The van der Waals surface area contributed by atoms with Crippen LogP contribution in [0.3, 0.4) is 0 Å². The summed E-state index contributed by atoms with van der Waals surface area (Å²) in [6, 6.07) is 9.33. The van der Waals surface area contributed by atoms with E-state index < -0.39 is 41.5 Å². The topological polar surface area (TPSA) is 180 Å². The Kier molecular flexibility index (Phi) is 5.04. The van der Waals surface area contributed by atoms with Gasteiger partial charge in [-0.15, -0.1) is 5.11 Å². The number of hydrogen-bond donors (Lipinski definition) is 4. The van der Waals surface area contributed by atoms with Crippen molar-refractivity contribution in [2.75, 3.05) is 5.73 Å². The Morgan fingerprint density at radius 3 is 2.17 bits per heavy atom. The molecular weight excluding hydrogens is 422 g/mol. The first-order valence-electron chi connectivity index (χ1n) is 7.91. The molecule has 3 rings (SSSR count). The van der Waals surface area contributed by atoms with Gasteiger partial charge in [0.05, 0.1) is 10.6 Å². The normalized spacial score (nSPS) is 12.7. The molecule has 0 aromatic heterocycles. The Morgan fingerprint density at radius 2 is 1.55 bits per heavy atom. The first-order valence-corrected chi connectivity index (χ1v) is 10.8. The second-order valence-electron chi connectivity index (χ2n) is 6.12. The predicted octanol–water partition coefficient (Wildman–Crippen LogP) is 3.34. The van der Waals surface area contributed by atoms with E-state index in [0.29, 0.717) is 0 Å². The van der Waals surface area contributed by atoms with Gasteiger partial charge in [0.1, 0.15) is 10.6 Å². The highest BCUT2D eigenvalue weighted by atomic mass is 32.2. The Bertz CT molecular complexity index is 1380. The van der Waals surface area contributed by atoms with E-state index in [9.17, 15) is 31.0 Å². The number of fused-ring (bicyclic) bond motifs is 1. The van der Waals surface area contributed by atoms with Gasteiger partial charge in [0.25, 0.3) is 20.2 Å². The summed E-state index contributed by atoms with van der Waals surface area (Å²) in [6.45, 7) is 1.46. The molecule has 29 heavy (non-hydrogen) atoms. The minimum Gasteiger partial charge on any atom is -0.505 e. The summed E-state index contributed by atoms with van der Waals surface area (Å²) in [4.78, 5) is -1.12. The van der Waals surface area contributed by atoms with Crippen LogP contribution < -0.4 is 5.73 Å². The second kappa shape index (κ2) is 7.08. The average Bonchev–Trinajstić information content (AvgIpc) is 2.60. The molecule has 12 heteroatoms. The van der Waals surface area contributed by atoms with Crippen LogP contribution in [0.25, 0.3) is 10.8 Å². The van der Waals surface area contributed by atoms with Gasteiger partial charge in [-0.1, -0.05) is 18.2 Å². The van der Waals surface area contributed by atoms with Gasteiger partial charge in [-0.05, 0) is 42.1 Å². The molecule has 0 heterocycles. The number of phenols is 1. The molecular formula is C17H15N3O7S2. The molecule has 0 bridgehead atoms. The summed E-state index contributed by atoms with van der Waals surface area (Å²) in [5.74, 6) is -0.626. The number of nitrogens with two attached hydrogens (primary N) is 1. The lowest BCUT2D eigenvalue weighted by Crippen LogP contribution is -2.00. The van der Waals surface area contributed by atoms with Crippen molar-refractivity contribution in [2.24, 2.45) is 10.2 Å². The van der Waals surface area contributed by atoms with Crippen molar-refractivity contribution in [1.82, 2.24) is 0 Å². The first kappa shape index (κ1) is 20.7. The quantitative estimate of drug-likeness (QED) is 0.272. The molecule has 0 atom stereocenters. The third-order valence-corrected chi connectivity index (χ3v) is 5.97. The molecule has 0 aliphatic heterocycles. The minimum absolute atomic E-state index is 0.0509. The van der Waals surface area contributed by atoms with Crippen LogP contribution in [-0.4, -0.2) is 31.0 Å². The largest absolute Gasteiger partial charge is 0.505 e. The van der Waals surface area contributed by atoms with Crippen molar-refractivity contribution in [3.05, 3.63) is 48.0 Å². The van der Waals surface area contributed by atoms with E-state index in [0.717, 1.165) is 12.1 Å². The number of nitrogens with zero attached hydrogens (tertiary/aromatic N) is 2. The number of phenolic OH excluding ortho intramolecular Hbond substituents is 1. The average molecular weight is 437 g/mol. The van der Waals surface area contributed by atoms with Crippen LogP contribution in [0.1, 0.15) is 5.56 Å². The molecule has 0 unspecified atom stereocenters. The van der Waals surface area contributed by atoms with Gasteiger partial charge < -0.3 is 10.8 Å². The highest BCUT2D eigenvalue weighted by Gasteiger charge is 2.23. The van der Waals surface area contributed by atoms with Gasteiger partial charge in [-0.25, -0.2) is 0 Å². The summed E-state index contributed by atoms with van der Waals surface area (Å²) >= 11 is 0. The molecule has 0 radical (unpaired) electrons. The summed E-state index contributed by atoms with van der Waals surface area (Å²) < 4.78 is 65.2. The summed E-state index contributed by atoms with van der Waals surface area (Å²) in [6.07, 6.45) is 0. The third kappa shape index (κ3) is 4.05. The number of azo groups is 1. The second-order valence-corrected chi connectivity index (χ2v) is 8.90. The lowest BCUT2D eigenvalue weighted by molar-refractivity contribution is 0.472. The number of benzene rings is 3. The zero-order valence-corrected chi connectivity index (χ0v) is 16.4. The zero-order chi connectivity index (χ0) is 21.6. The molecule has 3 aromatic carbocycles. The molecule has 10 nitrogen and oxygen atoms in total. The highest BCUT2D eigenvalue weighted by molar-refractivity contribution is 7.86. The molecule has 0 saturated heterocycles. The maximum absolute atomic E-state index is 11.8. The van der Waals surface area contributed by atoms with E-state index in [4.69, 9.17) is 5.73 Å². The summed E-state index contributed by atoms with van der Waals surface area (Å²) in [5.41, 5.74) is 5.61. The zero-order valence-electron chi connectivity index (χ0n) is 14.8. The minimum atomic E-state index is -4.79. The first-order chi connectivity index (χ1) is 13.4. The van der Waals surface area contributed by atoms with E-state index in [1.165, 1.54) is 37.3 Å². The predicted molar refractivity (Wildman–Crippen MR) is 105 cm³/mol. The number of aromatic hydroxyl groups is 1. The van der Waals surface area contributed by atoms with Crippen LogP contribution in [0, 0.1) is 6.92 Å². The number of anilines is 1. The SMILES string of the molecule is Cc1ccc(N=Nc2c(S(=O)(=O)O)cc3cccc(N)c3c2O)cc1S(=O)(=O)O. The van der Waals surface area contributed by atoms with Crippen LogP contribution in [0.15, 0.2) is 62.5 Å². The maximum Gasteiger partial charge on any atom is 0.296 e. The van der Waals surface area contributed by atoms with E-state index in [2.05, 4.69) is 10.2 Å². The van der Waals surface area contributed by atoms with Crippen molar-refractivity contribution in [3.8, 4) is 5.75 Å². The van der Waals surface area contributed by atoms with Gasteiger partial charge in [0.15, 0.2) is 5.75 Å². The van der Waals surface area contributed by atoms with Crippen LogP contribution in [0.5, 0.6) is 5.75 Å². The fourth-order valence-corrected chi connectivity index (χ4v) is 4.16.